The number of benzene rings is 1. The van der Waals surface area contributed by atoms with E-state index in [0.717, 1.165) is 0 Å². The molecule has 3 nitrogen and oxygen atoms in total. The van der Waals surface area contributed by atoms with Crippen LogP contribution in [0.15, 0.2) is 23.7 Å². The van der Waals surface area contributed by atoms with Crippen LogP contribution in [-0.2, 0) is 25.4 Å². The molecule has 0 aliphatic heterocycles. The van der Waals surface area contributed by atoms with E-state index in [-0.39, 0.29) is 5.76 Å². The first kappa shape index (κ1) is 16.3. The fourth-order valence-corrected chi connectivity index (χ4v) is 2.74. The summed E-state index contributed by atoms with van der Waals surface area (Å²) in [6, 6.07) is 4.91. The van der Waals surface area contributed by atoms with E-state index in [0.29, 0.717) is 15.6 Å². The molecule has 0 atom stereocenters. The molecule has 0 bridgehead atoms. The molecular weight excluding hydrogens is 338 g/mol. The molecular formula is C10H10Cl3O3PS. The molecule has 0 heterocycles. The fraction of sp³-hybridized carbons (Fsp3) is 0.200. The Balaban J connectivity index is 3.09. The second kappa shape index (κ2) is 7.11. The van der Waals surface area contributed by atoms with Crippen molar-refractivity contribution in [3.8, 4) is 0 Å². The van der Waals surface area contributed by atoms with Crippen molar-refractivity contribution in [1.82, 2.24) is 0 Å². The third-order valence-electron chi connectivity index (χ3n) is 1.95. The van der Waals surface area contributed by atoms with Gasteiger partial charge in [-0.25, -0.2) is 0 Å². The predicted molar refractivity (Wildman–Crippen MR) is 79.7 cm³/mol. The van der Waals surface area contributed by atoms with Crippen molar-refractivity contribution in [2.45, 2.75) is 0 Å². The van der Waals surface area contributed by atoms with Gasteiger partial charge in [0.2, 0.25) is 0 Å². The second-order valence-corrected chi connectivity index (χ2v) is 7.21. The van der Waals surface area contributed by atoms with Crippen molar-refractivity contribution in [3.05, 3.63) is 39.3 Å². The highest BCUT2D eigenvalue weighted by Gasteiger charge is 2.21. The van der Waals surface area contributed by atoms with E-state index in [1.54, 1.807) is 18.2 Å². The molecule has 1 aromatic rings. The number of halogens is 3. The lowest BCUT2D eigenvalue weighted by atomic mass is 10.2. The highest BCUT2D eigenvalue weighted by molar-refractivity contribution is 8.07. The minimum atomic E-state index is -2.86. The van der Waals surface area contributed by atoms with E-state index in [1.807, 2.05) is 0 Å². The van der Waals surface area contributed by atoms with Gasteiger partial charge in [0.05, 0.1) is 5.02 Å². The number of hydrogen-bond acceptors (Lipinski definition) is 4. The maximum Gasteiger partial charge on any atom is 0.380 e. The molecule has 0 aliphatic carbocycles. The smallest absolute Gasteiger partial charge is 0.380 e. The quantitative estimate of drug-likeness (QED) is 0.549. The Kier molecular flexibility index (Phi) is 6.42. The predicted octanol–water partition coefficient (Wildman–Crippen LogP) is 5.06. The molecule has 18 heavy (non-hydrogen) atoms. The monoisotopic (exact) mass is 346 g/mol. The van der Waals surface area contributed by atoms with Gasteiger partial charge in [-0.1, -0.05) is 34.8 Å². The minimum absolute atomic E-state index is 0.269. The van der Waals surface area contributed by atoms with E-state index in [9.17, 15) is 0 Å². The van der Waals surface area contributed by atoms with Crippen LogP contribution in [0.2, 0.25) is 10.0 Å². The van der Waals surface area contributed by atoms with Crippen LogP contribution in [0.4, 0.5) is 0 Å². The zero-order valence-electron chi connectivity index (χ0n) is 9.52. The Bertz CT molecular complexity index is 499. The zero-order chi connectivity index (χ0) is 13.8. The van der Waals surface area contributed by atoms with Gasteiger partial charge in [0.1, 0.15) is 5.76 Å². The summed E-state index contributed by atoms with van der Waals surface area (Å²) in [7, 11) is 2.80. The lowest BCUT2D eigenvalue weighted by Gasteiger charge is -2.20. The first-order valence-electron chi connectivity index (χ1n) is 4.62. The summed E-state index contributed by atoms with van der Waals surface area (Å²) < 4.78 is 15.5. The Hall–Kier alpha value is 0.200. The van der Waals surface area contributed by atoms with Gasteiger partial charge in [0.15, 0.2) is 0 Å². The number of rotatable bonds is 5. The molecule has 100 valence electrons. The van der Waals surface area contributed by atoms with Crippen molar-refractivity contribution < 1.29 is 13.6 Å². The highest BCUT2D eigenvalue weighted by atomic mass is 35.5. The van der Waals surface area contributed by atoms with Crippen molar-refractivity contribution in [1.29, 1.82) is 0 Å². The summed E-state index contributed by atoms with van der Waals surface area (Å²) in [4.78, 5) is 0. The molecule has 0 aromatic heterocycles. The molecule has 1 aromatic carbocycles. The molecule has 0 saturated heterocycles. The van der Waals surface area contributed by atoms with Crippen molar-refractivity contribution in [2.24, 2.45) is 0 Å². The zero-order valence-corrected chi connectivity index (χ0v) is 13.5. The fourth-order valence-electron chi connectivity index (χ4n) is 1.09. The van der Waals surface area contributed by atoms with Gasteiger partial charge in [-0.15, -0.1) is 0 Å². The number of hydrogen-bond donors (Lipinski definition) is 0. The molecule has 0 amide bonds. The average Bonchev–Trinajstić information content (AvgIpc) is 2.36. The van der Waals surface area contributed by atoms with E-state index < -0.39 is 6.72 Å². The lowest BCUT2D eigenvalue weighted by molar-refractivity contribution is 0.262. The topological polar surface area (TPSA) is 27.7 Å². The largest absolute Gasteiger partial charge is 0.422 e. The molecule has 0 fully saturated rings. The first-order chi connectivity index (χ1) is 8.45. The molecule has 0 saturated carbocycles. The molecule has 0 radical (unpaired) electrons. The minimum Gasteiger partial charge on any atom is -0.422 e. The summed E-state index contributed by atoms with van der Waals surface area (Å²) in [6.45, 7) is -2.86. The second-order valence-electron chi connectivity index (χ2n) is 3.00. The van der Waals surface area contributed by atoms with Crippen molar-refractivity contribution in [2.75, 3.05) is 14.2 Å². The standard InChI is InChI=1S/C10H10Cl3O3PS/c1-14-17(18,15-2)16-10(6-11)8-4-3-7(12)5-9(8)13/h3-6H,1-2H3/b10-6+. The maximum atomic E-state index is 6.05. The van der Waals surface area contributed by atoms with Crippen LogP contribution in [0, 0.1) is 0 Å². The third kappa shape index (κ3) is 4.10. The lowest BCUT2D eigenvalue weighted by Crippen LogP contribution is -1.95. The Morgan fingerprint density at radius 3 is 2.33 bits per heavy atom. The molecule has 0 N–H and O–H groups in total. The average molecular weight is 348 g/mol. The van der Waals surface area contributed by atoms with Crippen molar-refractivity contribution in [3.63, 3.8) is 0 Å². The summed E-state index contributed by atoms with van der Waals surface area (Å²) in [5, 5.41) is 0.902. The Labute approximate surface area is 126 Å². The van der Waals surface area contributed by atoms with Crippen LogP contribution in [0.1, 0.15) is 5.56 Å². The van der Waals surface area contributed by atoms with E-state index >= 15 is 0 Å². The normalized spacial score (nSPS) is 12.6. The highest BCUT2D eigenvalue weighted by Crippen LogP contribution is 2.52. The van der Waals surface area contributed by atoms with Crippen LogP contribution in [-0.4, -0.2) is 14.2 Å². The van der Waals surface area contributed by atoms with Gasteiger partial charge in [-0.05, 0) is 18.2 Å². The van der Waals surface area contributed by atoms with Crippen LogP contribution in [0.5, 0.6) is 0 Å². The van der Waals surface area contributed by atoms with Crippen LogP contribution in [0.25, 0.3) is 5.76 Å². The van der Waals surface area contributed by atoms with Crippen molar-refractivity contribution >= 4 is 59.1 Å². The molecule has 0 unspecified atom stereocenters. The molecule has 1 rings (SSSR count). The third-order valence-corrected chi connectivity index (χ3v) is 5.13. The van der Waals surface area contributed by atoms with Gasteiger partial charge in [-0.2, -0.15) is 0 Å². The Morgan fingerprint density at radius 1 is 1.28 bits per heavy atom. The van der Waals surface area contributed by atoms with Gasteiger partial charge in [0.25, 0.3) is 0 Å². The summed E-state index contributed by atoms with van der Waals surface area (Å²) >= 11 is 22.7. The van der Waals surface area contributed by atoms with Crippen LogP contribution in [0.3, 0.4) is 0 Å². The molecule has 0 spiro atoms. The van der Waals surface area contributed by atoms with Gasteiger partial charge < -0.3 is 13.6 Å². The van der Waals surface area contributed by atoms with Gasteiger partial charge in [0, 0.05) is 42.1 Å². The maximum absolute atomic E-state index is 6.05. The molecule has 8 heteroatoms. The van der Waals surface area contributed by atoms with Crippen LogP contribution >= 0.6 is 41.5 Å². The molecule has 0 aliphatic rings. The van der Waals surface area contributed by atoms with E-state index in [2.05, 4.69) is 0 Å². The summed E-state index contributed by atoms with van der Waals surface area (Å²) in [5.41, 5.74) is 1.77. The summed E-state index contributed by atoms with van der Waals surface area (Å²) in [5.74, 6) is 0.269. The summed E-state index contributed by atoms with van der Waals surface area (Å²) in [6.07, 6.45) is 0. The van der Waals surface area contributed by atoms with E-state index in [4.69, 9.17) is 60.2 Å². The Morgan fingerprint density at radius 2 is 1.89 bits per heavy atom. The first-order valence-corrected chi connectivity index (χ1v) is 8.37. The van der Waals surface area contributed by atoms with Gasteiger partial charge in [-0.3, -0.25) is 0 Å². The SMILES string of the molecule is COP(=S)(OC)O/C(=C/Cl)c1ccc(Cl)cc1Cl. The van der Waals surface area contributed by atoms with E-state index in [1.165, 1.54) is 19.8 Å². The van der Waals surface area contributed by atoms with Gasteiger partial charge >= 0.3 is 6.72 Å². The van der Waals surface area contributed by atoms with Crippen LogP contribution < -0.4 is 0 Å².